The van der Waals surface area contributed by atoms with Crippen molar-refractivity contribution in [2.24, 2.45) is 0 Å². The maximum atomic E-state index is 13.0. The van der Waals surface area contributed by atoms with E-state index in [-0.39, 0.29) is 31.1 Å². The molecule has 6 nitrogen and oxygen atoms in total. The van der Waals surface area contributed by atoms with Crippen molar-refractivity contribution in [1.29, 1.82) is 0 Å². The number of ether oxygens (including phenoxy) is 3. The monoisotopic (exact) mass is 1170 g/mol. The molecule has 0 heterocycles. The normalized spacial score (nSPS) is 12.0. The molecule has 1 unspecified atom stereocenters. The molecule has 0 spiro atoms. The second kappa shape index (κ2) is 72.6. The molecule has 0 bridgehead atoms. The van der Waals surface area contributed by atoms with Crippen LogP contribution >= 0.6 is 0 Å². The number of carbonyl (C=O) groups excluding carboxylic acids is 3. The highest BCUT2D eigenvalue weighted by molar-refractivity contribution is 5.71. The number of unbranched alkanes of at least 4 members (excludes halogenated alkanes) is 59. The summed E-state index contributed by atoms with van der Waals surface area (Å²) in [4.78, 5) is 38.5. The first-order valence-corrected chi connectivity index (χ1v) is 38.2. The molecule has 492 valence electrons. The van der Waals surface area contributed by atoms with Gasteiger partial charge in [0.25, 0.3) is 0 Å². The molecule has 0 aliphatic rings. The van der Waals surface area contributed by atoms with Crippen LogP contribution < -0.4 is 0 Å². The molecular formula is C77H148O6. The van der Waals surface area contributed by atoms with E-state index < -0.39 is 6.10 Å². The first kappa shape index (κ1) is 81.2. The Balaban J connectivity index is 4.20. The lowest BCUT2D eigenvalue weighted by Gasteiger charge is -2.18. The van der Waals surface area contributed by atoms with Gasteiger partial charge in [0.1, 0.15) is 13.2 Å². The zero-order valence-electron chi connectivity index (χ0n) is 56.8. The lowest BCUT2D eigenvalue weighted by molar-refractivity contribution is -0.167. The summed E-state index contributed by atoms with van der Waals surface area (Å²) in [7, 11) is 0. The van der Waals surface area contributed by atoms with Crippen molar-refractivity contribution in [2.75, 3.05) is 13.2 Å². The third-order valence-electron chi connectivity index (χ3n) is 17.8. The predicted octanol–water partition coefficient (Wildman–Crippen LogP) is 26.3. The van der Waals surface area contributed by atoms with E-state index in [0.717, 1.165) is 57.8 Å². The first-order valence-electron chi connectivity index (χ1n) is 38.2. The molecule has 0 radical (unpaired) electrons. The van der Waals surface area contributed by atoms with Crippen LogP contribution in [0.5, 0.6) is 0 Å². The molecule has 0 aromatic rings. The standard InChI is InChI=1S/C77H148O6/c1-4-7-10-13-16-19-22-25-28-31-33-34-35-36-37-38-39-40-41-42-44-46-49-52-55-58-61-64-67-70-76(79)82-73-74(72-81-75(78)69-66-63-60-57-54-51-48-45-30-27-24-21-18-15-12-9-6-3)83-77(80)71-68-65-62-59-56-53-50-47-43-32-29-26-23-20-17-14-11-8-5-2/h26,29,74H,4-25,27-28,30-73H2,1-3H3/b29-26-. The molecule has 0 amide bonds. The van der Waals surface area contributed by atoms with E-state index in [1.165, 1.54) is 347 Å². The fraction of sp³-hybridized carbons (Fsp3) is 0.935. The van der Waals surface area contributed by atoms with E-state index >= 15 is 0 Å². The summed E-state index contributed by atoms with van der Waals surface area (Å²) in [5.74, 6) is -0.825. The minimum absolute atomic E-state index is 0.0635. The van der Waals surface area contributed by atoms with Crippen molar-refractivity contribution in [3.8, 4) is 0 Å². The highest BCUT2D eigenvalue weighted by atomic mass is 16.6. The molecule has 0 aliphatic heterocycles. The Morgan fingerprint density at radius 3 is 0.602 bits per heavy atom. The molecule has 0 aliphatic carbocycles. The van der Waals surface area contributed by atoms with Gasteiger partial charge >= 0.3 is 17.9 Å². The van der Waals surface area contributed by atoms with Gasteiger partial charge in [0.15, 0.2) is 6.10 Å². The van der Waals surface area contributed by atoms with E-state index in [1.807, 2.05) is 0 Å². The van der Waals surface area contributed by atoms with E-state index in [0.29, 0.717) is 19.3 Å². The van der Waals surface area contributed by atoms with Gasteiger partial charge in [-0.1, -0.05) is 392 Å². The topological polar surface area (TPSA) is 78.9 Å². The molecule has 0 aromatic heterocycles. The fourth-order valence-electron chi connectivity index (χ4n) is 12.0. The number of esters is 3. The average Bonchev–Trinajstić information content (AvgIpc) is 3.49. The molecular weight excluding hydrogens is 1020 g/mol. The second-order valence-corrected chi connectivity index (χ2v) is 26.3. The fourth-order valence-corrected chi connectivity index (χ4v) is 12.0. The third kappa shape index (κ3) is 70.8. The molecule has 0 aromatic carbocycles. The summed E-state index contributed by atoms with van der Waals surface area (Å²) in [5.41, 5.74) is 0. The van der Waals surface area contributed by atoms with Gasteiger partial charge in [-0.25, -0.2) is 0 Å². The summed E-state index contributed by atoms with van der Waals surface area (Å²) >= 11 is 0. The minimum atomic E-state index is -0.768. The quantitative estimate of drug-likeness (QED) is 0.0261. The van der Waals surface area contributed by atoms with Gasteiger partial charge in [-0.2, -0.15) is 0 Å². The lowest BCUT2D eigenvalue weighted by Crippen LogP contribution is -2.30. The van der Waals surface area contributed by atoms with Crippen molar-refractivity contribution in [3.05, 3.63) is 12.2 Å². The second-order valence-electron chi connectivity index (χ2n) is 26.3. The number of hydrogen-bond donors (Lipinski definition) is 0. The van der Waals surface area contributed by atoms with Crippen LogP contribution in [0.25, 0.3) is 0 Å². The van der Waals surface area contributed by atoms with Crippen molar-refractivity contribution < 1.29 is 28.6 Å². The lowest BCUT2D eigenvalue weighted by atomic mass is 10.0. The third-order valence-corrected chi connectivity index (χ3v) is 17.8. The van der Waals surface area contributed by atoms with E-state index in [4.69, 9.17) is 14.2 Å². The summed E-state index contributed by atoms with van der Waals surface area (Å²) in [5, 5.41) is 0. The van der Waals surface area contributed by atoms with Gasteiger partial charge in [-0.3, -0.25) is 14.4 Å². The molecule has 0 saturated heterocycles. The van der Waals surface area contributed by atoms with Crippen LogP contribution in [0.3, 0.4) is 0 Å². The maximum absolute atomic E-state index is 13.0. The summed E-state index contributed by atoms with van der Waals surface area (Å²) in [6.07, 6.45) is 88.3. The van der Waals surface area contributed by atoms with E-state index in [9.17, 15) is 14.4 Å². The molecule has 0 rings (SSSR count). The molecule has 0 N–H and O–H groups in total. The Bertz CT molecular complexity index is 1300. The zero-order chi connectivity index (χ0) is 59.9. The molecule has 0 saturated carbocycles. The maximum Gasteiger partial charge on any atom is 0.306 e. The first-order chi connectivity index (χ1) is 41.0. The SMILES string of the molecule is CCCCCCCC/C=C\CCCCCCCCCCCC(=O)OC(COC(=O)CCCCCCCCCCCCCCCCCCC)COC(=O)CCCCCCCCCCCCCCCCCCCCCCCCCCCCCCC. The average molecular weight is 1170 g/mol. The molecule has 83 heavy (non-hydrogen) atoms. The number of carbonyl (C=O) groups is 3. The molecule has 0 fully saturated rings. The van der Waals surface area contributed by atoms with Gasteiger partial charge in [-0.05, 0) is 44.9 Å². The van der Waals surface area contributed by atoms with Gasteiger partial charge in [0.2, 0.25) is 0 Å². The van der Waals surface area contributed by atoms with Crippen molar-refractivity contribution in [3.63, 3.8) is 0 Å². The number of allylic oxidation sites excluding steroid dienone is 2. The smallest absolute Gasteiger partial charge is 0.306 e. The van der Waals surface area contributed by atoms with Crippen LogP contribution in [0.2, 0.25) is 0 Å². The highest BCUT2D eigenvalue weighted by Crippen LogP contribution is 2.20. The van der Waals surface area contributed by atoms with Crippen LogP contribution in [0.4, 0.5) is 0 Å². The van der Waals surface area contributed by atoms with Gasteiger partial charge in [0, 0.05) is 19.3 Å². The van der Waals surface area contributed by atoms with E-state index in [1.54, 1.807) is 0 Å². The highest BCUT2D eigenvalue weighted by Gasteiger charge is 2.20. The Labute approximate surface area is 520 Å². The van der Waals surface area contributed by atoms with Gasteiger partial charge in [-0.15, -0.1) is 0 Å². The Hall–Kier alpha value is -1.85. The Morgan fingerprint density at radius 1 is 0.229 bits per heavy atom. The number of hydrogen-bond acceptors (Lipinski definition) is 6. The zero-order valence-corrected chi connectivity index (χ0v) is 56.8. The minimum Gasteiger partial charge on any atom is -0.462 e. The Morgan fingerprint density at radius 2 is 0.398 bits per heavy atom. The van der Waals surface area contributed by atoms with E-state index in [2.05, 4.69) is 32.9 Å². The Kier molecular flexibility index (Phi) is 71.0. The van der Waals surface area contributed by atoms with Crippen LogP contribution in [0.1, 0.15) is 445 Å². The summed E-state index contributed by atoms with van der Waals surface area (Å²) in [6, 6.07) is 0. The molecule has 6 heteroatoms. The predicted molar refractivity (Wildman–Crippen MR) is 363 cm³/mol. The van der Waals surface area contributed by atoms with Crippen LogP contribution in [0, 0.1) is 0 Å². The van der Waals surface area contributed by atoms with Gasteiger partial charge < -0.3 is 14.2 Å². The van der Waals surface area contributed by atoms with Crippen LogP contribution in [0.15, 0.2) is 12.2 Å². The summed E-state index contributed by atoms with van der Waals surface area (Å²) < 4.78 is 17.0. The van der Waals surface area contributed by atoms with Crippen molar-refractivity contribution >= 4 is 17.9 Å². The largest absolute Gasteiger partial charge is 0.462 e. The van der Waals surface area contributed by atoms with Crippen molar-refractivity contribution in [1.82, 2.24) is 0 Å². The van der Waals surface area contributed by atoms with Crippen LogP contribution in [-0.2, 0) is 28.6 Å². The molecule has 1 atom stereocenters. The van der Waals surface area contributed by atoms with Crippen molar-refractivity contribution in [2.45, 2.75) is 451 Å². The van der Waals surface area contributed by atoms with Gasteiger partial charge in [0.05, 0.1) is 0 Å². The number of rotatable bonds is 72. The van der Waals surface area contributed by atoms with Crippen LogP contribution in [-0.4, -0.2) is 37.2 Å². The summed E-state index contributed by atoms with van der Waals surface area (Å²) in [6.45, 7) is 6.74.